The molecule has 0 radical (unpaired) electrons. The standard InChI is InChI=1S/C32H38N4O2S/c1-3-5-22-38-29-13-6-10-25(23-29)24-36(4-2)21-9-20-34-32(37)27-15-17-28(18-16-27)35-39-30-14-7-11-26-12-8-19-33-31(26)30/h6-8,10-19,23,35H,3-5,9,20-22,24H2,1-2H3,(H,34,37). The largest absolute Gasteiger partial charge is 0.494 e. The summed E-state index contributed by atoms with van der Waals surface area (Å²) in [5.41, 5.74) is 3.81. The van der Waals surface area contributed by atoms with Gasteiger partial charge in [-0.2, -0.15) is 0 Å². The molecule has 7 heteroatoms. The Hall–Kier alpha value is -3.55. The Bertz CT molecular complexity index is 1320. The number of unbranched alkanes of at least 4 members (excludes halogenated alkanes) is 1. The predicted octanol–water partition coefficient (Wildman–Crippen LogP) is 7.17. The van der Waals surface area contributed by atoms with Crippen molar-refractivity contribution in [2.45, 2.75) is 44.6 Å². The van der Waals surface area contributed by atoms with Crippen LogP contribution in [-0.4, -0.2) is 42.0 Å². The fourth-order valence-corrected chi connectivity index (χ4v) is 5.02. The van der Waals surface area contributed by atoms with Crippen molar-refractivity contribution >= 4 is 34.4 Å². The van der Waals surface area contributed by atoms with Gasteiger partial charge < -0.3 is 14.8 Å². The van der Waals surface area contributed by atoms with E-state index in [-0.39, 0.29) is 5.91 Å². The van der Waals surface area contributed by atoms with Gasteiger partial charge in [-0.05, 0) is 85.4 Å². The summed E-state index contributed by atoms with van der Waals surface area (Å²) in [6.45, 7) is 8.48. The smallest absolute Gasteiger partial charge is 0.251 e. The molecule has 3 aromatic carbocycles. The first-order valence-corrected chi connectivity index (χ1v) is 14.6. The summed E-state index contributed by atoms with van der Waals surface area (Å²) in [6, 6.07) is 26.1. The number of hydrogen-bond donors (Lipinski definition) is 2. The zero-order chi connectivity index (χ0) is 27.3. The minimum atomic E-state index is -0.0487. The van der Waals surface area contributed by atoms with Crippen molar-refractivity contribution < 1.29 is 9.53 Å². The Morgan fingerprint density at radius 1 is 0.974 bits per heavy atom. The topological polar surface area (TPSA) is 66.5 Å². The van der Waals surface area contributed by atoms with Gasteiger partial charge in [0.15, 0.2) is 0 Å². The van der Waals surface area contributed by atoms with Crippen molar-refractivity contribution in [3.63, 3.8) is 0 Å². The lowest BCUT2D eigenvalue weighted by Gasteiger charge is -2.21. The second-order valence-corrected chi connectivity index (χ2v) is 10.3. The number of aromatic nitrogens is 1. The summed E-state index contributed by atoms with van der Waals surface area (Å²) >= 11 is 1.52. The maximum absolute atomic E-state index is 12.7. The van der Waals surface area contributed by atoms with Crippen LogP contribution in [0, 0.1) is 0 Å². The SMILES string of the molecule is CCCCOc1cccc(CN(CC)CCCNC(=O)c2ccc(NSc3cccc4cccnc34)cc2)c1. The Kier molecular flexibility index (Phi) is 11.1. The molecule has 0 bridgehead atoms. The second kappa shape index (κ2) is 15.1. The molecule has 2 N–H and O–H groups in total. The number of pyridine rings is 1. The van der Waals surface area contributed by atoms with E-state index in [0.717, 1.165) is 72.7 Å². The van der Waals surface area contributed by atoms with E-state index in [2.05, 4.69) is 70.2 Å². The zero-order valence-electron chi connectivity index (χ0n) is 22.9. The molecule has 0 saturated carbocycles. The quantitative estimate of drug-likeness (QED) is 0.123. The molecule has 0 aliphatic heterocycles. The molecule has 0 unspecified atom stereocenters. The highest BCUT2D eigenvalue weighted by Gasteiger charge is 2.08. The molecule has 1 amide bonds. The van der Waals surface area contributed by atoms with E-state index in [1.807, 2.05) is 48.7 Å². The Balaban J connectivity index is 1.19. The van der Waals surface area contributed by atoms with Crippen LogP contribution >= 0.6 is 11.9 Å². The molecule has 0 saturated heterocycles. The maximum Gasteiger partial charge on any atom is 0.251 e. The molecular formula is C32H38N4O2S. The molecule has 6 nitrogen and oxygen atoms in total. The van der Waals surface area contributed by atoms with Crippen molar-refractivity contribution in [3.8, 4) is 5.75 Å². The minimum Gasteiger partial charge on any atom is -0.494 e. The lowest BCUT2D eigenvalue weighted by atomic mass is 10.2. The number of amides is 1. The number of fused-ring (bicyclic) bond motifs is 1. The highest BCUT2D eigenvalue weighted by atomic mass is 32.2. The van der Waals surface area contributed by atoms with Gasteiger partial charge >= 0.3 is 0 Å². The van der Waals surface area contributed by atoms with E-state index < -0.39 is 0 Å². The molecule has 0 fully saturated rings. The van der Waals surface area contributed by atoms with Crippen molar-refractivity contribution in [1.29, 1.82) is 0 Å². The third kappa shape index (κ3) is 8.73. The molecule has 1 heterocycles. The first kappa shape index (κ1) is 28.5. The van der Waals surface area contributed by atoms with Crippen LogP contribution in [0.15, 0.2) is 90.0 Å². The molecule has 0 spiro atoms. The summed E-state index contributed by atoms with van der Waals surface area (Å²) in [7, 11) is 0. The number of hydrogen-bond acceptors (Lipinski definition) is 6. The van der Waals surface area contributed by atoms with E-state index in [1.54, 1.807) is 0 Å². The van der Waals surface area contributed by atoms with Gasteiger partial charge in [-0.25, -0.2) is 0 Å². The summed E-state index contributed by atoms with van der Waals surface area (Å²) in [5.74, 6) is 0.891. The first-order valence-electron chi connectivity index (χ1n) is 13.7. The van der Waals surface area contributed by atoms with Crippen LogP contribution in [0.25, 0.3) is 10.9 Å². The van der Waals surface area contributed by atoms with Gasteiger partial charge in [-0.3, -0.25) is 14.7 Å². The molecule has 1 aromatic heterocycles. The number of carbonyl (C=O) groups excluding carboxylic acids is 1. The van der Waals surface area contributed by atoms with Crippen LogP contribution in [0.5, 0.6) is 5.75 Å². The summed E-state index contributed by atoms with van der Waals surface area (Å²) < 4.78 is 9.21. The fraction of sp³-hybridized carbons (Fsp3) is 0.312. The highest BCUT2D eigenvalue weighted by Crippen LogP contribution is 2.27. The Morgan fingerprint density at radius 2 is 1.79 bits per heavy atom. The lowest BCUT2D eigenvalue weighted by molar-refractivity contribution is 0.0951. The number of anilines is 1. The number of benzene rings is 3. The third-order valence-corrected chi connectivity index (χ3v) is 7.36. The maximum atomic E-state index is 12.7. The van der Waals surface area contributed by atoms with Gasteiger partial charge in [0, 0.05) is 42.5 Å². The number of carbonyl (C=O) groups is 1. The summed E-state index contributed by atoms with van der Waals surface area (Å²) in [5, 5.41) is 4.17. The van der Waals surface area contributed by atoms with Crippen molar-refractivity contribution in [2.75, 3.05) is 31.0 Å². The molecule has 0 aliphatic carbocycles. The second-order valence-electron chi connectivity index (χ2n) is 9.44. The number of para-hydroxylation sites is 1. The van der Waals surface area contributed by atoms with Crippen LogP contribution in [-0.2, 0) is 6.54 Å². The number of rotatable bonds is 15. The molecule has 4 rings (SSSR count). The first-order chi connectivity index (χ1) is 19.2. The molecule has 0 aliphatic rings. The van der Waals surface area contributed by atoms with Gasteiger partial charge in [0.1, 0.15) is 5.75 Å². The number of ether oxygens (including phenoxy) is 1. The van der Waals surface area contributed by atoms with Crippen LogP contribution < -0.4 is 14.8 Å². The van der Waals surface area contributed by atoms with Crippen molar-refractivity contribution in [1.82, 2.24) is 15.2 Å². The molecule has 204 valence electrons. The minimum absolute atomic E-state index is 0.0487. The highest BCUT2D eigenvalue weighted by molar-refractivity contribution is 8.00. The van der Waals surface area contributed by atoms with E-state index in [0.29, 0.717) is 12.1 Å². The van der Waals surface area contributed by atoms with Crippen LogP contribution in [0.3, 0.4) is 0 Å². The van der Waals surface area contributed by atoms with Gasteiger partial charge in [-0.15, -0.1) is 0 Å². The summed E-state index contributed by atoms with van der Waals surface area (Å²) in [6.07, 6.45) is 4.90. The van der Waals surface area contributed by atoms with E-state index in [1.165, 1.54) is 17.5 Å². The monoisotopic (exact) mass is 542 g/mol. The van der Waals surface area contributed by atoms with E-state index in [4.69, 9.17) is 4.74 Å². The normalized spacial score (nSPS) is 11.1. The zero-order valence-corrected chi connectivity index (χ0v) is 23.7. The van der Waals surface area contributed by atoms with E-state index >= 15 is 0 Å². The fourth-order valence-electron chi connectivity index (χ4n) is 4.24. The van der Waals surface area contributed by atoms with E-state index in [9.17, 15) is 4.79 Å². The number of nitrogens with zero attached hydrogens (tertiary/aromatic N) is 2. The molecule has 4 aromatic rings. The van der Waals surface area contributed by atoms with Crippen LogP contribution in [0.1, 0.15) is 49.0 Å². The Labute approximate surface area is 236 Å². The van der Waals surface area contributed by atoms with Gasteiger partial charge in [-0.1, -0.05) is 50.6 Å². The molecule has 0 atom stereocenters. The third-order valence-electron chi connectivity index (χ3n) is 6.48. The molecule has 39 heavy (non-hydrogen) atoms. The van der Waals surface area contributed by atoms with Crippen LogP contribution in [0.4, 0.5) is 5.69 Å². The predicted molar refractivity (Wildman–Crippen MR) is 162 cm³/mol. The summed E-state index contributed by atoms with van der Waals surface area (Å²) in [4.78, 5) is 20.6. The van der Waals surface area contributed by atoms with Crippen molar-refractivity contribution in [2.24, 2.45) is 0 Å². The van der Waals surface area contributed by atoms with Gasteiger partial charge in [0.05, 0.1) is 17.0 Å². The van der Waals surface area contributed by atoms with Crippen molar-refractivity contribution in [3.05, 3.63) is 96.2 Å². The Morgan fingerprint density at radius 3 is 2.62 bits per heavy atom. The van der Waals surface area contributed by atoms with Gasteiger partial charge in [0.25, 0.3) is 5.91 Å². The average Bonchev–Trinajstić information content (AvgIpc) is 2.98. The molecular weight excluding hydrogens is 504 g/mol. The lowest BCUT2D eigenvalue weighted by Crippen LogP contribution is -2.29. The average molecular weight is 543 g/mol. The number of nitrogens with one attached hydrogen (secondary N) is 2. The van der Waals surface area contributed by atoms with Gasteiger partial charge in [0.2, 0.25) is 0 Å². The van der Waals surface area contributed by atoms with Crippen LogP contribution in [0.2, 0.25) is 0 Å².